The number of aryl methyl sites for hydroxylation is 1. The fraction of sp³-hybridized carbons (Fsp3) is 0.200. The van der Waals surface area contributed by atoms with E-state index in [0.29, 0.717) is 24.0 Å². The smallest absolute Gasteiger partial charge is 0.262 e. The zero-order chi connectivity index (χ0) is 16.3. The average molecular weight is 327 g/mol. The summed E-state index contributed by atoms with van der Waals surface area (Å²) in [4.78, 5) is -0.0304. The van der Waals surface area contributed by atoms with Gasteiger partial charge in [0.15, 0.2) is 0 Å². The molecule has 1 N–H and O–H groups in total. The number of sulfonamides is 1. The van der Waals surface area contributed by atoms with Crippen molar-refractivity contribution in [2.45, 2.75) is 18.7 Å². The van der Waals surface area contributed by atoms with E-state index in [4.69, 9.17) is 4.74 Å². The molecule has 0 atom stereocenters. The second-order valence-electron chi connectivity index (χ2n) is 4.59. The first-order valence-electron chi connectivity index (χ1n) is 6.55. The van der Waals surface area contributed by atoms with Crippen LogP contribution in [0.5, 0.6) is 5.75 Å². The standard InChI is InChI=1S/C15H15F2NO3S/c1-3-21-15-7-5-12(8-10(15)2)22(19,20)18-14-6-4-11(16)9-13(14)17/h4-9,18H,3H2,1-2H3. The van der Waals surface area contributed by atoms with Crippen LogP contribution in [0.1, 0.15) is 12.5 Å². The number of anilines is 1. The third-order valence-electron chi connectivity index (χ3n) is 2.93. The Bertz CT molecular complexity index is 791. The molecule has 0 aliphatic carbocycles. The summed E-state index contributed by atoms with van der Waals surface area (Å²) >= 11 is 0. The van der Waals surface area contributed by atoms with Crippen molar-refractivity contribution in [2.24, 2.45) is 0 Å². The van der Waals surface area contributed by atoms with E-state index < -0.39 is 21.7 Å². The highest BCUT2D eigenvalue weighted by Gasteiger charge is 2.17. The Hall–Kier alpha value is -2.15. The highest BCUT2D eigenvalue weighted by Crippen LogP contribution is 2.24. The molecular weight excluding hydrogens is 312 g/mol. The Balaban J connectivity index is 2.32. The third-order valence-corrected chi connectivity index (χ3v) is 4.30. The fourth-order valence-electron chi connectivity index (χ4n) is 1.88. The van der Waals surface area contributed by atoms with Crippen molar-refractivity contribution in [1.29, 1.82) is 0 Å². The van der Waals surface area contributed by atoms with E-state index in [1.165, 1.54) is 18.2 Å². The summed E-state index contributed by atoms with van der Waals surface area (Å²) < 4.78 is 58.3. The summed E-state index contributed by atoms with van der Waals surface area (Å²) in [5, 5.41) is 0. The van der Waals surface area contributed by atoms with Gasteiger partial charge in [-0.25, -0.2) is 17.2 Å². The predicted molar refractivity (Wildman–Crippen MR) is 79.5 cm³/mol. The van der Waals surface area contributed by atoms with Gasteiger partial charge >= 0.3 is 0 Å². The van der Waals surface area contributed by atoms with Gasteiger partial charge in [-0.2, -0.15) is 0 Å². The molecule has 2 rings (SSSR count). The molecule has 0 amide bonds. The van der Waals surface area contributed by atoms with Crippen molar-refractivity contribution in [2.75, 3.05) is 11.3 Å². The molecule has 4 nitrogen and oxygen atoms in total. The lowest BCUT2D eigenvalue weighted by molar-refractivity contribution is 0.337. The molecule has 2 aromatic rings. The molecule has 0 saturated carbocycles. The Morgan fingerprint density at radius 2 is 1.86 bits per heavy atom. The van der Waals surface area contributed by atoms with Crippen LogP contribution in [0.3, 0.4) is 0 Å². The van der Waals surface area contributed by atoms with Crippen molar-refractivity contribution in [3.63, 3.8) is 0 Å². The van der Waals surface area contributed by atoms with Crippen LogP contribution in [0, 0.1) is 18.6 Å². The topological polar surface area (TPSA) is 55.4 Å². The molecule has 0 heterocycles. The largest absolute Gasteiger partial charge is 0.494 e. The van der Waals surface area contributed by atoms with Gasteiger partial charge in [-0.1, -0.05) is 0 Å². The van der Waals surface area contributed by atoms with Crippen LogP contribution in [0.4, 0.5) is 14.5 Å². The molecule has 0 aliphatic rings. The lowest BCUT2D eigenvalue weighted by atomic mass is 10.2. The number of ether oxygens (including phenoxy) is 1. The molecule has 0 saturated heterocycles. The van der Waals surface area contributed by atoms with Crippen LogP contribution in [-0.2, 0) is 10.0 Å². The summed E-state index contributed by atoms with van der Waals surface area (Å²) in [6, 6.07) is 6.94. The number of halogens is 2. The molecule has 2 aromatic carbocycles. The van der Waals surface area contributed by atoms with Gasteiger partial charge in [-0.15, -0.1) is 0 Å². The summed E-state index contributed by atoms with van der Waals surface area (Å²) in [5.74, 6) is -1.18. The van der Waals surface area contributed by atoms with Crippen LogP contribution in [0.25, 0.3) is 0 Å². The second-order valence-corrected chi connectivity index (χ2v) is 6.27. The molecular formula is C15H15F2NO3S. The van der Waals surface area contributed by atoms with Gasteiger partial charge in [-0.3, -0.25) is 4.72 Å². The molecule has 22 heavy (non-hydrogen) atoms. The molecule has 7 heteroatoms. The van der Waals surface area contributed by atoms with Gasteiger partial charge in [0, 0.05) is 6.07 Å². The molecule has 0 bridgehead atoms. The minimum atomic E-state index is -3.97. The first-order chi connectivity index (χ1) is 10.3. The molecule has 0 radical (unpaired) electrons. The van der Waals surface area contributed by atoms with Crippen molar-refractivity contribution >= 4 is 15.7 Å². The zero-order valence-electron chi connectivity index (χ0n) is 12.1. The van der Waals surface area contributed by atoms with Gasteiger partial charge in [0.05, 0.1) is 17.2 Å². The maximum absolute atomic E-state index is 13.6. The van der Waals surface area contributed by atoms with Crippen molar-refractivity contribution in [3.8, 4) is 5.75 Å². The molecule has 0 aliphatic heterocycles. The van der Waals surface area contributed by atoms with Gasteiger partial charge in [-0.05, 0) is 49.7 Å². The molecule has 0 aromatic heterocycles. The molecule has 0 fully saturated rings. The van der Waals surface area contributed by atoms with Gasteiger partial charge in [0.2, 0.25) is 0 Å². The number of hydrogen-bond acceptors (Lipinski definition) is 3. The van der Waals surface area contributed by atoms with Crippen LogP contribution in [0.15, 0.2) is 41.3 Å². The quantitative estimate of drug-likeness (QED) is 0.915. The molecule has 0 unspecified atom stereocenters. The van der Waals surface area contributed by atoms with Crippen LogP contribution < -0.4 is 9.46 Å². The Morgan fingerprint density at radius 1 is 1.14 bits per heavy atom. The Morgan fingerprint density at radius 3 is 2.45 bits per heavy atom. The van der Waals surface area contributed by atoms with E-state index in [-0.39, 0.29) is 10.6 Å². The predicted octanol–water partition coefficient (Wildman–Crippen LogP) is 3.47. The first kappa shape index (κ1) is 16.2. The number of rotatable bonds is 5. The second kappa shape index (κ2) is 6.31. The van der Waals surface area contributed by atoms with Gasteiger partial charge in [0.1, 0.15) is 17.4 Å². The normalized spacial score (nSPS) is 11.3. The third kappa shape index (κ3) is 3.54. The summed E-state index contributed by atoms with van der Waals surface area (Å²) in [6.07, 6.45) is 0. The number of hydrogen-bond donors (Lipinski definition) is 1. The summed E-state index contributed by atoms with van der Waals surface area (Å²) in [7, 11) is -3.97. The SMILES string of the molecule is CCOc1ccc(S(=O)(=O)Nc2ccc(F)cc2F)cc1C. The minimum absolute atomic E-state index is 0.0304. The van der Waals surface area contributed by atoms with Crippen LogP contribution >= 0.6 is 0 Å². The number of nitrogens with one attached hydrogen (secondary N) is 1. The van der Waals surface area contributed by atoms with Crippen LogP contribution in [-0.4, -0.2) is 15.0 Å². The van der Waals surface area contributed by atoms with Crippen molar-refractivity contribution < 1.29 is 21.9 Å². The molecule has 118 valence electrons. The fourth-order valence-corrected chi connectivity index (χ4v) is 3.03. The highest BCUT2D eigenvalue weighted by atomic mass is 32.2. The summed E-state index contributed by atoms with van der Waals surface area (Å²) in [5.41, 5.74) is 0.331. The zero-order valence-corrected chi connectivity index (χ0v) is 12.9. The Labute approximate surface area is 127 Å². The maximum atomic E-state index is 13.6. The monoisotopic (exact) mass is 327 g/mol. The average Bonchev–Trinajstić information content (AvgIpc) is 2.44. The van der Waals surface area contributed by atoms with E-state index in [2.05, 4.69) is 4.72 Å². The van der Waals surface area contributed by atoms with E-state index >= 15 is 0 Å². The lowest BCUT2D eigenvalue weighted by Gasteiger charge is -2.12. The Kier molecular flexibility index (Phi) is 4.65. The van der Waals surface area contributed by atoms with Crippen LogP contribution in [0.2, 0.25) is 0 Å². The van der Waals surface area contributed by atoms with Crippen molar-refractivity contribution in [3.05, 3.63) is 53.6 Å². The van der Waals surface area contributed by atoms with Crippen molar-refractivity contribution in [1.82, 2.24) is 0 Å². The van der Waals surface area contributed by atoms with E-state index in [1.807, 2.05) is 6.92 Å². The highest BCUT2D eigenvalue weighted by molar-refractivity contribution is 7.92. The van der Waals surface area contributed by atoms with Gasteiger partial charge in [0.25, 0.3) is 10.0 Å². The molecule has 0 spiro atoms. The van der Waals surface area contributed by atoms with E-state index in [0.717, 1.165) is 12.1 Å². The minimum Gasteiger partial charge on any atom is -0.494 e. The van der Waals surface area contributed by atoms with E-state index in [9.17, 15) is 17.2 Å². The lowest BCUT2D eigenvalue weighted by Crippen LogP contribution is -2.14. The summed E-state index contributed by atoms with van der Waals surface area (Å²) in [6.45, 7) is 4.00. The first-order valence-corrected chi connectivity index (χ1v) is 8.03. The maximum Gasteiger partial charge on any atom is 0.262 e. The number of benzene rings is 2. The van der Waals surface area contributed by atoms with E-state index in [1.54, 1.807) is 6.92 Å². The van der Waals surface area contributed by atoms with Gasteiger partial charge < -0.3 is 4.74 Å².